The van der Waals surface area contributed by atoms with E-state index in [9.17, 15) is 22.8 Å². The van der Waals surface area contributed by atoms with E-state index in [-0.39, 0.29) is 5.78 Å². The second-order valence-electron chi connectivity index (χ2n) is 9.14. The zero-order valence-electron chi connectivity index (χ0n) is 18.9. The highest BCUT2D eigenvalue weighted by Crippen LogP contribution is 2.30. The summed E-state index contributed by atoms with van der Waals surface area (Å²) in [6, 6.07) is 4.04. The number of Topliss-reactive ketones (excluding diaryl/α,β-unsaturated/α-hetero) is 1. The van der Waals surface area contributed by atoms with Crippen molar-refractivity contribution in [2.45, 2.75) is 58.1 Å². The minimum Gasteiger partial charge on any atom is -0.456 e. The summed E-state index contributed by atoms with van der Waals surface area (Å²) >= 11 is 0. The van der Waals surface area contributed by atoms with Gasteiger partial charge >= 0.3 is 12.1 Å². The van der Waals surface area contributed by atoms with E-state index < -0.39 is 40.3 Å². The SMILES string of the molecule is CC(C)(C)OC(=O)N1CCCC1C(=O)OCC(=O)c1ccc2c(c1)CCCN2S(C)(=O)=O. The van der Waals surface area contributed by atoms with Gasteiger partial charge in [-0.15, -0.1) is 0 Å². The van der Waals surface area contributed by atoms with Crippen LogP contribution in [0.4, 0.5) is 10.5 Å². The van der Waals surface area contributed by atoms with E-state index in [1.807, 2.05) is 0 Å². The number of amides is 1. The van der Waals surface area contributed by atoms with Gasteiger partial charge in [0.1, 0.15) is 11.6 Å². The van der Waals surface area contributed by atoms with E-state index in [1.165, 1.54) is 9.21 Å². The summed E-state index contributed by atoms with van der Waals surface area (Å²) in [4.78, 5) is 38.9. The van der Waals surface area contributed by atoms with Crippen molar-refractivity contribution in [1.29, 1.82) is 0 Å². The van der Waals surface area contributed by atoms with Gasteiger partial charge in [-0.3, -0.25) is 14.0 Å². The molecule has 2 aliphatic rings. The van der Waals surface area contributed by atoms with Crippen LogP contribution in [0, 0.1) is 0 Å². The van der Waals surface area contributed by atoms with Gasteiger partial charge < -0.3 is 9.47 Å². The van der Waals surface area contributed by atoms with Gasteiger partial charge in [-0.2, -0.15) is 0 Å². The largest absolute Gasteiger partial charge is 0.456 e. The molecule has 2 aliphatic heterocycles. The Morgan fingerprint density at radius 3 is 2.50 bits per heavy atom. The topological polar surface area (TPSA) is 110 Å². The van der Waals surface area contributed by atoms with Gasteiger partial charge in [0, 0.05) is 18.7 Å². The van der Waals surface area contributed by atoms with Crippen LogP contribution >= 0.6 is 0 Å². The van der Waals surface area contributed by atoms with Gasteiger partial charge in [0.25, 0.3) is 0 Å². The number of likely N-dealkylation sites (tertiary alicyclic amines) is 1. The molecule has 1 aromatic carbocycles. The summed E-state index contributed by atoms with van der Waals surface area (Å²) in [6.07, 6.45) is 3.00. The first-order chi connectivity index (χ1) is 14.9. The van der Waals surface area contributed by atoms with Crippen LogP contribution in [0.5, 0.6) is 0 Å². The molecule has 0 aromatic heterocycles. The number of benzene rings is 1. The minimum absolute atomic E-state index is 0.349. The molecular weight excluding hydrogens is 436 g/mol. The summed E-state index contributed by atoms with van der Waals surface area (Å²) in [5.41, 5.74) is 1.02. The lowest BCUT2D eigenvalue weighted by atomic mass is 9.99. The fourth-order valence-corrected chi connectivity index (χ4v) is 4.94. The number of sulfonamides is 1. The number of ketones is 1. The maximum absolute atomic E-state index is 12.6. The van der Waals surface area contributed by atoms with Crippen molar-refractivity contribution in [1.82, 2.24) is 4.90 Å². The molecule has 0 saturated carbocycles. The number of nitrogens with zero attached hydrogens (tertiary/aromatic N) is 2. The minimum atomic E-state index is -3.39. The first kappa shape index (κ1) is 24.0. The Morgan fingerprint density at radius 2 is 1.84 bits per heavy atom. The van der Waals surface area contributed by atoms with Crippen molar-refractivity contribution in [3.05, 3.63) is 29.3 Å². The molecule has 1 aromatic rings. The van der Waals surface area contributed by atoms with Crippen LogP contribution in [0.1, 0.15) is 56.0 Å². The number of hydrogen-bond acceptors (Lipinski definition) is 7. The molecule has 1 fully saturated rings. The number of hydrogen-bond donors (Lipinski definition) is 0. The van der Waals surface area contributed by atoms with E-state index in [1.54, 1.807) is 39.0 Å². The van der Waals surface area contributed by atoms with Gasteiger partial charge in [-0.25, -0.2) is 18.0 Å². The van der Waals surface area contributed by atoms with E-state index in [2.05, 4.69) is 0 Å². The predicted octanol–water partition coefficient (Wildman–Crippen LogP) is 2.52. The Bertz CT molecular complexity index is 1010. The van der Waals surface area contributed by atoms with Crippen molar-refractivity contribution in [2.75, 3.05) is 30.3 Å². The monoisotopic (exact) mass is 466 g/mol. The molecule has 1 amide bonds. The number of ether oxygens (including phenoxy) is 2. The predicted molar refractivity (Wildman–Crippen MR) is 118 cm³/mol. The molecule has 10 heteroatoms. The highest BCUT2D eigenvalue weighted by Gasteiger charge is 2.38. The molecule has 1 atom stereocenters. The van der Waals surface area contributed by atoms with E-state index >= 15 is 0 Å². The Morgan fingerprint density at radius 1 is 1.12 bits per heavy atom. The Labute approximate surface area is 188 Å². The van der Waals surface area contributed by atoms with Crippen LogP contribution in [0.15, 0.2) is 18.2 Å². The smallest absolute Gasteiger partial charge is 0.411 e. The van der Waals surface area contributed by atoms with Gasteiger partial charge in [-0.05, 0) is 70.2 Å². The fourth-order valence-electron chi connectivity index (χ4n) is 3.95. The first-order valence-corrected chi connectivity index (χ1v) is 12.5. The van der Waals surface area contributed by atoms with Gasteiger partial charge in [-0.1, -0.05) is 0 Å². The maximum Gasteiger partial charge on any atom is 0.411 e. The maximum atomic E-state index is 12.6. The number of carbonyl (C=O) groups is 3. The molecule has 1 unspecified atom stereocenters. The molecule has 0 bridgehead atoms. The molecule has 32 heavy (non-hydrogen) atoms. The molecule has 2 heterocycles. The molecule has 0 N–H and O–H groups in total. The average molecular weight is 467 g/mol. The molecule has 3 rings (SSSR count). The summed E-state index contributed by atoms with van der Waals surface area (Å²) in [5.74, 6) is -1.03. The highest BCUT2D eigenvalue weighted by molar-refractivity contribution is 7.92. The number of anilines is 1. The second-order valence-corrected chi connectivity index (χ2v) is 11.1. The Hall–Kier alpha value is -2.62. The summed E-state index contributed by atoms with van der Waals surface area (Å²) in [5, 5.41) is 0. The van der Waals surface area contributed by atoms with Crippen LogP contribution in [0.25, 0.3) is 0 Å². The van der Waals surface area contributed by atoms with Crippen molar-refractivity contribution < 1.29 is 32.3 Å². The van der Waals surface area contributed by atoms with Gasteiger partial charge in [0.15, 0.2) is 12.4 Å². The average Bonchev–Trinajstić information content (AvgIpc) is 3.19. The van der Waals surface area contributed by atoms with Crippen molar-refractivity contribution in [2.24, 2.45) is 0 Å². The lowest BCUT2D eigenvalue weighted by molar-refractivity contribution is -0.147. The molecule has 0 radical (unpaired) electrons. The van der Waals surface area contributed by atoms with E-state index in [4.69, 9.17) is 9.47 Å². The first-order valence-electron chi connectivity index (χ1n) is 10.7. The third kappa shape index (κ3) is 5.59. The quantitative estimate of drug-likeness (QED) is 0.484. The van der Waals surface area contributed by atoms with Crippen LogP contribution < -0.4 is 4.31 Å². The van der Waals surface area contributed by atoms with Gasteiger partial charge in [0.2, 0.25) is 10.0 Å². The number of aryl methyl sites for hydroxylation is 1. The molecule has 0 spiro atoms. The van der Waals surface area contributed by atoms with Crippen molar-refractivity contribution in [3.63, 3.8) is 0 Å². The Balaban J connectivity index is 1.63. The number of fused-ring (bicyclic) bond motifs is 1. The second kappa shape index (κ2) is 9.09. The summed E-state index contributed by atoms with van der Waals surface area (Å²) < 4.78 is 35.9. The molecule has 0 aliphatic carbocycles. The lowest BCUT2D eigenvalue weighted by Crippen LogP contribution is -2.44. The third-order valence-corrected chi connectivity index (χ3v) is 6.56. The van der Waals surface area contributed by atoms with Crippen LogP contribution in [0.3, 0.4) is 0 Å². The number of rotatable bonds is 5. The lowest BCUT2D eigenvalue weighted by Gasteiger charge is -2.29. The van der Waals surface area contributed by atoms with E-state index in [0.29, 0.717) is 50.0 Å². The van der Waals surface area contributed by atoms with Crippen molar-refractivity contribution in [3.8, 4) is 0 Å². The third-order valence-electron chi connectivity index (χ3n) is 5.38. The normalized spacial score (nSPS) is 18.8. The fraction of sp³-hybridized carbons (Fsp3) is 0.591. The van der Waals surface area contributed by atoms with Crippen LogP contribution in [-0.4, -0.2) is 68.8 Å². The summed E-state index contributed by atoms with van der Waals surface area (Å²) in [7, 11) is -3.39. The molecule has 9 nitrogen and oxygen atoms in total. The van der Waals surface area contributed by atoms with Crippen LogP contribution in [0.2, 0.25) is 0 Å². The molecule has 176 valence electrons. The van der Waals surface area contributed by atoms with E-state index in [0.717, 1.165) is 11.8 Å². The number of esters is 1. The molecule has 1 saturated heterocycles. The Kier molecular flexibility index (Phi) is 6.83. The van der Waals surface area contributed by atoms with Crippen LogP contribution in [-0.2, 0) is 30.7 Å². The summed E-state index contributed by atoms with van der Waals surface area (Å²) in [6.45, 7) is 5.60. The zero-order chi connectivity index (χ0) is 23.7. The zero-order valence-corrected chi connectivity index (χ0v) is 19.7. The highest BCUT2D eigenvalue weighted by atomic mass is 32.2. The standard InChI is InChI=1S/C22H30N2O7S/c1-22(2,3)31-21(27)23-11-6-8-18(23)20(26)30-14-19(25)16-9-10-17-15(13-16)7-5-12-24(17)32(4,28)29/h9-10,13,18H,5-8,11-12,14H2,1-4H3. The molecular formula is C22H30N2O7S. The van der Waals surface area contributed by atoms with Gasteiger partial charge in [0.05, 0.1) is 11.9 Å². The number of carbonyl (C=O) groups excluding carboxylic acids is 3. The van der Waals surface area contributed by atoms with Crippen molar-refractivity contribution >= 4 is 33.6 Å².